The predicted octanol–water partition coefficient (Wildman–Crippen LogP) is 2.92. The molecule has 2 rings (SSSR count). The number of hydrogen-bond acceptors (Lipinski definition) is 3. The minimum absolute atomic E-state index is 0. The highest BCUT2D eigenvalue weighted by molar-refractivity contribution is 14.0. The van der Waals surface area contributed by atoms with Crippen molar-refractivity contribution in [1.29, 1.82) is 0 Å². The molecule has 1 heterocycles. The molecule has 0 amide bonds. The Kier molecular flexibility index (Phi) is 9.20. The minimum atomic E-state index is 0. The molecular weight excluding hydrogens is 429 g/mol. The van der Waals surface area contributed by atoms with Gasteiger partial charge in [0, 0.05) is 52.2 Å². The van der Waals surface area contributed by atoms with Crippen LogP contribution in [0.2, 0.25) is 0 Å². The lowest BCUT2D eigenvalue weighted by Crippen LogP contribution is -2.43. The number of aryl methyl sites for hydroxylation is 2. The number of nitrogens with zero attached hydrogens (tertiary/aromatic N) is 3. The van der Waals surface area contributed by atoms with Crippen LogP contribution in [-0.2, 0) is 18.3 Å². The van der Waals surface area contributed by atoms with Gasteiger partial charge in [0.15, 0.2) is 5.96 Å². The summed E-state index contributed by atoms with van der Waals surface area (Å²) in [7, 11) is 5.60. The van der Waals surface area contributed by atoms with E-state index in [4.69, 9.17) is 4.74 Å². The number of ether oxygens (including phenoxy) is 1. The van der Waals surface area contributed by atoms with E-state index in [2.05, 4.69) is 34.6 Å². The fraction of sp³-hybridized carbons (Fsp3) is 0.778. The molecule has 1 fully saturated rings. The Morgan fingerprint density at radius 3 is 2.48 bits per heavy atom. The number of hydrogen-bond donors (Lipinski definition) is 2. The summed E-state index contributed by atoms with van der Waals surface area (Å²) in [6.45, 7) is 6.70. The fourth-order valence-electron chi connectivity index (χ4n) is 3.70. The van der Waals surface area contributed by atoms with Gasteiger partial charge in [0.05, 0.1) is 5.69 Å². The van der Waals surface area contributed by atoms with Gasteiger partial charge in [0.25, 0.3) is 0 Å². The molecule has 0 radical (unpaired) electrons. The van der Waals surface area contributed by atoms with E-state index < -0.39 is 0 Å². The monoisotopic (exact) mass is 463 g/mol. The molecular formula is C18H34IN5O. The molecule has 144 valence electrons. The Hall–Kier alpha value is -0.830. The van der Waals surface area contributed by atoms with Crippen LogP contribution in [-0.4, -0.2) is 43.0 Å². The lowest BCUT2D eigenvalue weighted by molar-refractivity contribution is 0.138. The molecule has 7 heteroatoms. The zero-order valence-electron chi connectivity index (χ0n) is 16.3. The van der Waals surface area contributed by atoms with Crippen molar-refractivity contribution in [3.63, 3.8) is 0 Å². The topological polar surface area (TPSA) is 63.5 Å². The van der Waals surface area contributed by atoms with E-state index in [9.17, 15) is 0 Å². The van der Waals surface area contributed by atoms with Crippen LogP contribution < -0.4 is 10.6 Å². The van der Waals surface area contributed by atoms with Crippen molar-refractivity contribution in [2.45, 2.75) is 52.5 Å². The van der Waals surface area contributed by atoms with Gasteiger partial charge in [0.1, 0.15) is 0 Å². The number of aromatic nitrogens is 2. The van der Waals surface area contributed by atoms with Crippen molar-refractivity contribution in [3.05, 3.63) is 17.0 Å². The molecule has 6 nitrogen and oxygen atoms in total. The molecule has 25 heavy (non-hydrogen) atoms. The first kappa shape index (κ1) is 22.2. The van der Waals surface area contributed by atoms with Crippen LogP contribution >= 0.6 is 24.0 Å². The first-order valence-corrected chi connectivity index (χ1v) is 8.94. The van der Waals surface area contributed by atoms with E-state index in [1.807, 2.05) is 18.8 Å². The molecule has 1 aliphatic rings. The van der Waals surface area contributed by atoms with E-state index in [0.29, 0.717) is 5.41 Å². The Morgan fingerprint density at radius 1 is 1.28 bits per heavy atom. The third-order valence-corrected chi connectivity index (χ3v) is 5.45. The van der Waals surface area contributed by atoms with Crippen molar-refractivity contribution in [3.8, 4) is 0 Å². The van der Waals surface area contributed by atoms with Gasteiger partial charge in [-0.05, 0) is 38.5 Å². The maximum Gasteiger partial charge on any atom is 0.191 e. The average Bonchev–Trinajstić information content (AvgIpc) is 3.13. The van der Waals surface area contributed by atoms with Gasteiger partial charge in [0.2, 0.25) is 0 Å². The van der Waals surface area contributed by atoms with Crippen molar-refractivity contribution >= 4 is 29.9 Å². The van der Waals surface area contributed by atoms with Gasteiger partial charge in [-0.3, -0.25) is 9.67 Å². The summed E-state index contributed by atoms with van der Waals surface area (Å²) >= 11 is 0. The molecule has 1 saturated carbocycles. The normalized spacial score (nSPS) is 16.6. The maximum atomic E-state index is 5.31. The van der Waals surface area contributed by atoms with Crippen molar-refractivity contribution in [1.82, 2.24) is 20.4 Å². The lowest BCUT2D eigenvalue weighted by atomic mass is 9.83. The molecule has 1 aromatic rings. The van der Waals surface area contributed by atoms with E-state index in [1.54, 1.807) is 7.11 Å². The summed E-state index contributed by atoms with van der Waals surface area (Å²) in [6.07, 6.45) is 6.33. The number of halogens is 1. The van der Waals surface area contributed by atoms with Gasteiger partial charge in [-0.2, -0.15) is 5.10 Å². The number of rotatable bonds is 7. The standard InChI is InChI=1S/C18H33N5O.HI/c1-14-16(15(2)23(4)22-14)12-20-17(19-3)21-13-18(10-11-24-5)8-6-7-9-18;/h6-13H2,1-5H3,(H2,19,20,21);1H. The molecule has 2 N–H and O–H groups in total. The zero-order valence-corrected chi connectivity index (χ0v) is 18.6. The Bertz CT molecular complexity index is 564. The summed E-state index contributed by atoms with van der Waals surface area (Å²) in [5.74, 6) is 0.862. The first-order valence-electron chi connectivity index (χ1n) is 8.94. The second-order valence-electron chi connectivity index (χ2n) is 7.00. The third-order valence-electron chi connectivity index (χ3n) is 5.45. The SMILES string of the molecule is CN=C(NCc1c(C)nn(C)c1C)NCC1(CCOC)CCCC1.I. The Morgan fingerprint density at radius 2 is 1.96 bits per heavy atom. The van der Waals surface area contributed by atoms with Crippen LogP contribution in [0.5, 0.6) is 0 Å². The van der Waals surface area contributed by atoms with Gasteiger partial charge in [-0.15, -0.1) is 24.0 Å². The molecule has 0 bridgehead atoms. The minimum Gasteiger partial charge on any atom is -0.385 e. The summed E-state index contributed by atoms with van der Waals surface area (Å²) in [5, 5.41) is 11.4. The predicted molar refractivity (Wildman–Crippen MR) is 114 cm³/mol. The highest BCUT2D eigenvalue weighted by atomic mass is 127. The zero-order chi connectivity index (χ0) is 17.6. The average molecular weight is 463 g/mol. The van der Waals surface area contributed by atoms with Crippen molar-refractivity contribution in [2.24, 2.45) is 17.5 Å². The molecule has 0 aliphatic heterocycles. The molecule has 1 aromatic heterocycles. The maximum absolute atomic E-state index is 5.31. The van der Waals surface area contributed by atoms with E-state index in [-0.39, 0.29) is 24.0 Å². The lowest BCUT2D eigenvalue weighted by Gasteiger charge is -2.30. The van der Waals surface area contributed by atoms with Crippen molar-refractivity contribution in [2.75, 3.05) is 27.3 Å². The third kappa shape index (κ3) is 5.84. The molecule has 0 atom stereocenters. The second kappa shape index (κ2) is 10.4. The highest BCUT2D eigenvalue weighted by Crippen LogP contribution is 2.40. The summed E-state index contributed by atoms with van der Waals surface area (Å²) in [4.78, 5) is 4.38. The summed E-state index contributed by atoms with van der Waals surface area (Å²) in [5.41, 5.74) is 3.87. The van der Waals surface area contributed by atoms with Crippen LogP contribution in [0.4, 0.5) is 0 Å². The summed E-state index contributed by atoms with van der Waals surface area (Å²) in [6, 6.07) is 0. The number of guanidine groups is 1. The van der Waals surface area contributed by atoms with Crippen LogP contribution in [0, 0.1) is 19.3 Å². The van der Waals surface area contributed by atoms with Crippen LogP contribution in [0.3, 0.4) is 0 Å². The van der Waals surface area contributed by atoms with Crippen molar-refractivity contribution < 1.29 is 4.74 Å². The Labute approximate surface area is 169 Å². The van der Waals surface area contributed by atoms with E-state index in [0.717, 1.165) is 37.8 Å². The van der Waals surface area contributed by atoms with Gasteiger partial charge in [-0.1, -0.05) is 12.8 Å². The molecule has 0 aromatic carbocycles. The molecule has 0 saturated heterocycles. The van der Waals surface area contributed by atoms with Gasteiger partial charge in [-0.25, -0.2) is 0 Å². The van der Waals surface area contributed by atoms with Crippen LogP contribution in [0.25, 0.3) is 0 Å². The first-order chi connectivity index (χ1) is 11.5. The van der Waals surface area contributed by atoms with Gasteiger partial charge < -0.3 is 15.4 Å². The molecule has 0 spiro atoms. The van der Waals surface area contributed by atoms with E-state index >= 15 is 0 Å². The second-order valence-corrected chi connectivity index (χ2v) is 7.00. The van der Waals surface area contributed by atoms with Crippen LogP contribution in [0.1, 0.15) is 49.1 Å². The van der Waals surface area contributed by atoms with Gasteiger partial charge >= 0.3 is 0 Å². The number of methoxy groups -OCH3 is 1. The quantitative estimate of drug-likeness (QED) is 0.371. The smallest absolute Gasteiger partial charge is 0.191 e. The summed E-state index contributed by atoms with van der Waals surface area (Å²) < 4.78 is 7.24. The Balaban J connectivity index is 0.00000312. The van der Waals surface area contributed by atoms with Crippen LogP contribution in [0.15, 0.2) is 4.99 Å². The highest BCUT2D eigenvalue weighted by Gasteiger charge is 2.33. The fourth-order valence-corrected chi connectivity index (χ4v) is 3.70. The number of nitrogens with one attached hydrogen (secondary N) is 2. The number of aliphatic imine (C=N–C) groups is 1. The molecule has 1 aliphatic carbocycles. The largest absolute Gasteiger partial charge is 0.385 e. The molecule has 0 unspecified atom stereocenters. The van der Waals surface area contributed by atoms with E-state index in [1.165, 1.54) is 36.9 Å².